The van der Waals surface area contributed by atoms with Gasteiger partial charge in [0.05, 0.1) is 17.7 Å². The second-order valence-corrected chi connectivity index (χ2v) is 4.57. The Morgan fingerprint density at radius 1 is 1.35 bits per heavy atom. The molecule has 0 amide bonds. The predicted octanol–water partition coefficient (Wildman–Crippen LogP) is 2.14. The smallest absolute Gasteiger partial charge is 0.142 e. The van der Waals surface area contributed by atoms with Crippen LogP contribution in [-0.2, 0) is 0 Å². The first kappa shape index (κ1) is 14.7. The number of hydrogen-bond donors (Lipinski definition) is 3. The summed E-state index contributed by atoms with van der Waals surface area (Å²) in [6.45, 7) is 1.64. The van der Waals surface area contributed by atoms with Gasteiger partial charge < -0.3 is 15.5 Å². The summed E-state index contributed by atoms with van der Waals surface area (Å²) in [5, 5.41) is 21.1. The fourth-order valence-corrected chi connectivity index (χ4v) is 1.90. The third-order valence-corrected chi connectivity index (χ3v) is 2.99. The first-order valence-electron chi connectivity index (χ1n) is 5.12. The van der Waals surface area contributed by atoms with E-state index in [1.165, 1.54) is 12.1 Å². The van der Waals surface area contributed by atoms with Gasteiger partial charge in [0.15, 0.2) is 0 Å². The topological polar surface area (TPSA) is 52.5 Å². The highest BCUT2D eigenvalue weighted by Crippen LogP contribution is 2.28. The predicted molar refractivity (Wildman–Crippen MR) is 65.9 cm³/mol. The van der Waals surface area contributed by atoms with E-state index in [0.717, 1.165) is 0 Å². The average Bonchev–Trinajstić information content (AvgIpc) is 2.30. The summed E-state index contributed by atoms with van der Waals surface area (Å²) in [5.41, 5.74) is 0.554. The molecule has 0 radical (unpaired) electrons. The van der Waals surface area contributed by atoms with Crippen molar-refractivity contribution in [2.45, 2.75) is 19.1 Å². The molecule has 0 aliphatic heterocycles. The first-order chi connectivity index (χ1) is 7.95. The van der Waals surface area contributed by atoms with Crippen LogP contribution in [0.25, 0.3) is 0 Å². The molecule has 0 heterocycles. The van der Waals surface area contributed by atoms with Crippen molar-refractivity contribution in [3.8, 4) is 0 Å². The lowest BCUT2D eigenvalue weighted by Crippen LogP contribution is -2.31. The Morgan fingerprint density at radius 3 is 2.59 bits per heavy atom. The fourth-order valence-electron chi connectivity index (χ4n) is 1.36. The van der Waals surface area contributed by atoms with Gasteiger partial charge in [0.2, 0.25) is 0 Å². The molecular formula is C11H14Cl2FNO2. The van der Waals surface area contributed by atoms with Gasteiger partial charge in [-0.15, -0.1) is 0 Å². The van der Waals surface area contributed by atoms with Gasteiger partial charge >= 0.3 is 0 Å². The maximum atomic E-state index is 13.3. The third-order valence-electron chi connectivity index (χ3n) is 2.38. The first-order valence-corrected chi connectivity index (χ1v) is 5.88. The Labute approximate surface area is 109 Å². The van der Waals surface area contributed by atoms with E-state index in [1.54, 1.807) is 6.92 Å². The summed E-state index contributed by atoms with van der Waals surface area (Å²) >= 11 is 11.5. The molecular weight excluding hydrogens is 268 g/mol. The zero-order chi connectivity index (χ0) is 13.0. The average molecular weight is 282 g/mol. The molecule has 0 spiro atoms. The van der Waals surface area contributed by atoms with Gasteiger partial charge in [-0.25, -0.2) is 4.39 Å². The van der Waals surface area contributed by atoms with Gasteiger partial charge in [-0.2, -0.15) is 0 Å². The summed E-state index contributed by atoms with van der Waals surface area (Å²) < 4.78 is 13.3. The zero-order valence-electron chi connectivity index (χ0n) is 9.25. The van der Waals surface area contributed by atoms with Crippen LogP contribution in [0.2, 0.25) is 10.0 Å². The van der Waals surface area contributed by atoms with Crippen LogP contribution in [0.15, 0.2) is 12.1 Å². The summed E-state index contributed by atoms with van der Waals surface area (Å²) in [4.78, 5) is 0. The zero-order valence-corrected chi connectivity index (χ0v) is 10.8. The van der Waals surface area contributed by atoms with Crippen molar-refractivity contribution >= 4 is 23.2 Å². The number of nitrogens with one attached hydrogen (secondary N) is 1. The lowest BCUT2D eigenvalue weighted by Gasteiger charge is -2.18. The summed E-state index contributed by atoms with van der Waals surface area (Å²) in [6, 6.07) is 2.35. The van der Waals surface area contributed by atoms with Gasteiger partial charge in [0.25, 0.3) is 0 Å². The van der Waals surface area contributed by atoms with E-state index in [0.29, 0.717) is 10.6 Å². The second-order valence-electron chi connectivity index (χ2n) is 3.75. The summed E-state index contributed by atoms with van der Waals surface area (Å²) in [6.07, 6.45) is -0.853. The van der Waals surface area contributed by atoms with Crippen molar-refractivity contribution in [2.24, 2.45) is 0 Å². The highest BCUT2D eigenvalue weighted by atomic mass is 35.5. The minimum Gasteiger partial charge on any atom is -0.394 e. The number of benzene rings is 1. The number of aliphatic hydroxyl groups excluding tert-OH is 2. The van der Waals surface area contributed by atoms with E-state index in [-0.39, 0.29) is 24.2 Å². The van der Waals surface area contributed by atoms with Crippen molar-refractivity contribution in [1.29, 1.82) is 0 Å². The molecule has 1 rings (SSSR count). The molecule has 96 valence electrons. The minimum absolute atomic E-state index is 0.0265. The molecule has 0 saturated carbocycles. The molecule has 0 fully saturated rings. The van der Waals surface area contributed by atoms with E-state index in [4.69, 9.17) is 28.3 Å². The van der Waals surface area contributed by atoms with Gasteiger partial charge in [-0.3, -0.25) is 0 Å². The number of halogens is 3. The van der Waals surface area contributed by atoms with Crippen LogP contribution in [0.3, 0.4) is 0 Å². The molecule has 3 N–H and O–H groups in total. The molecule has 0 saturated heterocycles. The highest BCUT2D eigenvalue weighted by Gasteiger charge is 2.14. The van der Waals surface area contributed by atoms with E-state index < -0.39 is 11.9 Å². The van der Waals surface area contributed by atoms with Crippen molar-refractivity contribution in [2.75, 3.05) is 13.2 Å². The van der Waals surface area contributed by atoms with E-state index >= 15 is 0 Å². The molecule has 1 aromatic rings. The molecule has 0 aromatic heterocycles. The van der Waals surface area contributed by atoms with Gasteiger partial charge in [0.1, 0.15) is 5.82 Å². The fraction of sp³-hybridized carbons (Fsp3) is 0.455. The van der Waals surface area contributed by atoms with E-state index in [2.05, 4.69) is 5.32 Å². The molecule has 0 aliphatic rings. The molecule has 2 atom stereocenters. The Balaban J connectivity index is 2.75. The maximum absolute atomic E-state index is 13.3. The SMILES string of the molecule is C[C@H](NC[C@@H](O)CO)c1cc(F)c(Cl)cc1Cl. The summed E-state index contributed by atoms with van der Waals surface area (Å²) in [7, 11) is 0. The molecule has 0 aliphatic carbocycles. The van der Waals surface area contributed by atoms with Crippen LogP contribution in [0, 0.1) is 5.82 Å². The van der Waals surface area contributed by atoms with Crippen LogP contribution in [0.5, 0.6) is 0 Å². The summed E-state index contributed by atoms with van der Waals surface area (Å²) in [5.74, 6) is -0.539. The largest absolute Gasteiger partial charge is 0.394 e. The van der Waals surface area contributed by atoms with Gasteiger partial charge in [-0.1, -0.05) is 23.2 Å². The van der Waals surface area contributed by atoms with Crippen LogP contribution in [0.1, 0.15) is 18.5 Å². The Bertz CT molecular complexity index is 390. The molecule has 0 bridgehead atoms. The molecule has 6 heteroatoms. The number of hydrogen-bond acceptors (Lipinski definition) is 3. The standard InChI is InChI=1S/C11H14Cl2FNO2/c1-6(15-4-7(17)5-16)8-2-11(14)10(13)3-9(8)12/h2-3,6-7,15-17H,4-5H2,1H3/t6-,7+/m0/s1. The monoisotopic (exact) mass is 281 g/mol. The van der Waals surface area contributed by atoms with E-state index in [9.17, 15) is 9.50 Å². The third kappa shape index (κ3) is 4.08. The van der Waals surface area contributed by atoms with Crippen molar-refractivity contribution in [1.82, 2.24) is 5.32 Å². The van der Waals surface area contributed by atoms with Gasteiger partial charge in [-0.05, 0) is 24.6 Å². The van der Waals surface area contributed by atoms with Gasteiger partial charge in [0, 0.05) is 17.6 Å². The number of aliphatic hydroxyl groups is 2. The van der Waals surface area contributed by atoms with Crippen molar-refractivity contribution in [3.05, 3.63) is 33.6 Å². The Hall–Kier alpha value is -0.390. The normalized spacial score (nSPS) is 14.7. The van der Waals surface area contributed by atoms with Crippen LogP contribution in [0.4, 0.5) is 4.39 Å². The number of rotatable bonds is 5. The maximum Gasteiger partial charge on any atom is 0.142 e. The Kier molecular flexibility index (Phi) is 5.62. The highest BCUT2D eigenvalue weighted by molar-refractivity contribution is 6.35. The Morgan fingerprint density at radius 2 is 2.00 bits per heavy atom. The second kappa shape index (κ2) is 6.52. The van der Waals surface area contributed by atoms with Crippen LogP contribution >= 0.6 is 23.2 Å². The van der Waals surface area contributed by atoms with E-state index in [1.807, 2.05) is 0 Å². The molecule has 17 heavy (non-hydrogen) atoms. The van der Waals surface area contributed by atoms with Crippen LogP contribution < -0.4 is 5.32 Å². The molecule has 1 aromatic carbocycles. The minimum atomic E-state index is -0.853. The lowest BCUT2D eigenvalue weighted by molar-refractivity contribution is 0.0924. The molecule has 3 nitrogen and oxygen atoms in total. The van der Waals surface area contributed by atoms with Crippen molar-refractivity contribution < 1.29 is 14.6 Å². The molecule has 0 unspecified atom stereocenters. The quantitative estimate of drug-likeness (QED) is 0.725. The van der Waals surface area contributed by atoms with Crippen LogP contribution in [-0.4, -0.2) is 29.5 Å². The lowest BCUT2D eigenvalue weighted by atomic mass is 10.1. The van der Waals surface area contributed by atoms with Crippen molar-refractivity contribution in [3.63, 3.8) is 0 Å².